The second-order valence-electron chi connectivity index (χ2n) is 7.15. The summed E-state index contributed by atoms with van der Waals surface area (Å²) in [6.07, 6.45) is 4.24. The van der Waals surface area contributed by atoms with Gasteiger partial charge in [0.15, 0.2) is 0 Å². The number of benzene rings is 2. The van der Waals surface area contributed by atoms with Crippen LogP contribution in [0, 0.1) is 0 Å². The zero-order valence-corrected chi connectivity index (χ0v) is 17.9. The Balaban J connectivity index is 1.35. The molecule has 0 bridgehead atoms. The normalized spacial score (nSPS) is 12.5. The molecule has 4 rings (SSSR count). The minimum Gasteiger partial charge on any atom is -0.493 e. The minimum atomic E-state index is -0.158. The summed E-state index contributed by atoms with van der Waals surface area (Å²) in [6, 6.07) is 14.4. The molecule has 0 radical (unpaired) electrons. The van der Waals surface area contributed by atoms with Gasteiger partial charge < -0.3 is 19.5 Å². The molecule has 1 aromatic heterocycles. The second kappa shape index (κ2) is 9.71. The molecule has 3 aromatic rings. The van der Waals surface area contributed by atoms with Crippen LogP contribution in [0.5, 0.6) is 23.1 Å². The first kappa shape index (κ1) is 21.0. The highest BCUT2D eigenvalue weighted by Gasteiger charge is 2.15. The zero-order chi connectivity index (χ0) is 21.6. The number of halogens is 1. The SMILES string of the molecule is COc1ncccc1CCNC(=O)c1ccc(Oc2cc3c(cc2Cl)CCCO3)cc1. The van der Waals surface area contributed by atoms with Crippen molar-refractivity contribution in [1.29, 1.82) is 0 Å². The molecule has 31 heavy (non-hydrogen) atoms. The van der Waals surface area contributed by atoms with Crippen molar-refractivity contribution in [3.63, 3.8) is 0 Å². The number of amides is 1. The van der Waals surface area contributed by atoms with Crippen molar-refractivity contribution in [3.8, 4) is 23.1 Å². The smallest absolute Gasteiger partial charge is 0.251 e. The van der Waals surface area contributed by atoms with Crippen molar-refractivity contribution in [2.45, 2.75) is 19.3 Å². The molecule has 0 spiro atoms. The summed E-state index contributed by atoms with van der Waals surface area (Å²) in [4.78, 5) is 16.6. The highest BCUT2D eigenvalue weighted by atomic mass is 35.5. The molecule has 1 N–H and O–H groups in total. The lowest BCUT2D eigenvalue weighted by molar-refractivity contribution is 0.0954. The van der Waals surface area contributed by atoms with Crippen LogP contribution >= 0.6 is 11.6 Å². The molecule has 1 amide bonds. The highest BCUT2D eigenvalue weighted by molar-refractivity contribution is 6.32. The molecule has 0 saturated heterocycles. The number of hydrogen-bond donors (Lipinski definition) is 1. The molecule has 0 atom stereocenters. The maximum absolute atomic E-state index is 12.4. The van der Waals surface area contributed by atoms with E-state index in [4.69, 9.17) is 25.8 Å². The van der Waals surface area contributed by atoms with Crippen LogP contribution in [0.15, 0.2) is 54.7 Å². The summed E-state index contributed by atoms with van der Waals surface area (Å²) in [5, 5.41) is 3.45. The van der Waals surface area contributed by atoms with E-state index in [1.165, 1.54) is 0 Å². The third-order valence-corrected chi connectivity index (χ3v) is 5.33. The molecular formula is C24H23ClN2O4. The monoisotopic (exact) mass is 438 g/mol. The Morgan fingerprint density at radius 2 is 2.06 bits per heavy atom. The fraction of sp³-hybridized carbons (Fsp3) is 0.250. The van der Waals surface area contributed by atoms with Gasteiger partial charge in [-0.25, -0.2) is 4.98 Å². The van der Waals surface area contributed by atoms with E-state index in [2.05, 4.69) is 10.3 Å². The summed E-state index contributed by atoms with van der Waals surface area (Å²) in [5.74, 6) is 2.35. The molecule has 160 valence electrons. The van der Waals surface area contributed by atoms with E-state index >= 15 is 0 Å². The number of fused-ring (bicyclic) bond motifs is 1. The van der Waals surface area contributed by atoms with Crippen LogP contribution in [0.1, 0.15) is 27.9 Å². The number of pyridine rings is 1. The Labute approximate surface area is 186 Å². The van der Waals surface area contributed by atoms with E-state index in [0.717, 1.165) is 29.7 Å². The van der Waals surface area contributed by atoms with Gasteiger partial charge in [-0.2, -0.15) is 0 Å². The standard InChI is InChI=1S/C24H23ClN2O4/c1-29-24-17(4-2-11-27-24)10-12-26-23(28)16-6-8-19(9-7-16)31-22-15-21-18(14-20(22)25)5-3-13-30-21/h2,4,6-9,11,14-15H,3,5,10,12-13H2,1H3,(H,26,28). The molecule has 0 aliphatic carbocycles. The predicted octanol–water partition coefficient (Wildman–Crippen LogP) is 4.83. The number of aromatic nitrogens is 1. The molecule has 1 aliphatic rings. The van der Waals surface area contributed by atoms with E-state index in [9.17, 15) is 4.79 Å². The quantitative estimate of drug-likeness (QED) is 0.572. The van der Waals surface area contributed by atoms with Gasteiger partial charge in [-0.3, -0.25) is 4.79 Å². The number of methoxy groups -OCH3 is 1. The lowest BCUT2D eigenvalue weighted by Gasteiger charge is -2.19. The fourth-order valence-electron chi connectivity index (χ4n) is 3.44. The van der Waals surface area contributed by atoms with Crippen molar-refractivity contribution in [1.82, 2.24) is 10.3 Å². The van der Waals surface area contributed by atoms with Crippen molar-refractivity contribution in [2.24, 2.45) is 0 Å². The van der Waals surface area contributed by atoms with Crippen LogP contribution in [-0.2, 0) is 12.8 Å². The van der Waals surface area contributed by atoms with Crippen molar-refractivity contribution in [3.05, 3.63) is 76.4 Å². The molecule has 6 nitrogen and oxygen atoms in total. The Bertz CT molecular complexity index is 1070. The van der Waals surface area contributed by atoms with Gasteiger partial charge in [0.25, 0.3) is 5.91 Å². The number of ether oxygens (including phenoxy) is 3. The third-order valence-electron chi connectivity index (χ3n) is 5.03. The lowest BCUT2D eigenvalue weighted by atomic mass is 10.1. The first-order valence-electron chi connectivity index (χ1n) is 10.1. The molecule has 0 saturated carbocycles. The summed E-state index contributed by atoms with van der Waals surface area (Å²) in [5.41, 5.74) is 2.59. The Kier molecular flexibility index (Phi) is 6.57. The molecule has 2 aromatic carbocycles. The van der Waals surface area contributed by atoms with Crippen LogP contribution in [0.4, 0.5) is 0 Å². The van der Waals surface area contributed by atoms with Gasteiger partial charge in [0, 0.05) is 29.9 Å². The molecule has 1 aliphatic heterocycles. The Morgan fingerprint density at radius 3 is 2.87 bits per heavy atom. The number of carbonyl (C=O) groups is 1. The summed E-state index contributed by atoms with van der Waals surface area (Å²) >= 11 is 6.36. The number of nitrogens with one attached hydrogen (secondary N) is 1. The second-order valence-corrected chi connectivity index (χ2v) is 7.55. The van der Waals surface area contributed by atoms with E-state index < -0.39 is 0 Å². The first-order valence-corrected chi connectivity index (χ1v) is 10.5. The first-order chi connectivity index (χ1) is 15.1. The Morgan fingerprint density at radius 1 is 1.23 bits per heavy atom. The third kappa shape index (κ3) is 5.09. The van der Waals surface area contributed by atoms with Gasteiger partial charge in [0.2, 0.25) is 5.88 Å². The van der Waals surface area contributed by atoms with Gasteiger partial charge >= 0.3 is 0 Å². The lowest BCUT2D eigenvalue weighted by Crippen LogP contribution is -2.25. The summed E-state index contributed by atoms with van der Waals surface area (Å²) in [7, 11) is 1.58. The molecule has 0 fully saturated rings. The van der Waals surface area contributed by atoms with Crippen LogP contribution in [0.2, 0.25) is 5.02 Å². The molecule has 2 heterocycles. The number of aryl methyl sites for hydroxylation is 1. The topological polar surface area (TPSA) is 69.7 Å². The number of nitrogens with zero attached hydrogens (tertiary/aromatic N) is 1. The minimum absolute atomic E-state index is 0.158. The Hall–Kier alpha value is -3.25. The average molecular weight is 439 g/mol. The van der Waals surface area contributed by atoms with Crippen LogP contribution in [-0.4, -0.2) is 31.2 Å². The number of hydrogen-bond acceptors (Lipinski definition) is 5. The maximum atomic E-state index is 12.4. The molecule has 7 heteroatoms. The van der Waals surface area contributed by atoms with Gasteiger partial charge in [0.1, 0.15) is 17.2 Å². The largest absolute Gasteiger partial charge is 0.493 e. The van der Waals surface area contributed by atoms with E-state index in [1.807, 2.05) is 24.3 Å². The van der Waals surface area contributed by atoms with E-state index in [1.54, 1.807) is 37.6 Å². The van der Waals surface area contributed by atoms with E-state index in [-0.39, 0.29) is 5.91 Å². The summed E-state index contributed by atoms with van der Waals surface area (Å²) in [6.45, 7) is 1.18. The summed E-state index contributed by atoms with van der Waals surface area (Å²) < 4.78 is 16.8. The van der Waals surface area contributed by atoms with Crippen molar-refractivity contribution < 1.29 is 19.0 Å². The van der Waals surface area contributed by atoms with Gasteiger partial charge in [0.05, 0.1) is 18.7 Å². The van der Waals surface area contributed by atoms with Crippen LogP contribution < -0.4 is 19.5 Å². The predicted molar refractivity (Wildman–Crippen MR) is 119 cm³/mol. The van der Waals surface area contributed by atoms with Gasteiger partial charge in [-0.1, -0.05) is 17.7 Å². The number of carbonyl (C=O) groups excluding carboxylic acids is 1. The average Bonchev–Trinajstić information content (AvgIpc) is 2.80. The maximum Gasteiger partial charge on any atom is 0.251 e. The number of rotatable bonds is 7. The highest BCUT2D eigenvalue weighted by Crippen LogP contribution is 2.37. The van der Waals surface area contributed by atoms with Gasteiger partial charge in [-0.15, -0.1) is 0 Å². The van der Waals surface area contributed by atoms with Crippen LogP contribution in [0.3, 0.4) is 0 Å². The fourth-order valence-corrected chi connectivity index (χ4v) is 3.67. The molecule has 0 unspecified atom stereocenters. The van der Waals surface area contributed by atoms with Crippen molar-refractivity contribution >= 4 is 17.5 Å². The van der Waals surface area contributed by atoms with E-state index in [0.29, 0.717) is 47.5 Å². The van der Waals surface area contributed by atoms with Gasteiger partial charge in [-0.05, 0) is 61.2 Å². The molecular weight excluding hydrogens is 416 g/mol. The van der Waals surface area contributed by atoms with Crippen molar-refractivity contribution in [2.75, 3.05) is 20.3 Å². The van der Waals surface area contributed by atoms with Crippen LogP contribution in [0.25, 0.3) is 0 Å². The zero-order valence-electron chi connectivity index (χ0n) is 17.2.